The van der Waals surface area contributed by atoms with Crippen LogP contribution >= 0.6 is 0 Å². The van der Waals surface area contributed by atoms with E-state index in [-0.39, 0.29) is 5.54 Å². The summed E-state index contributed by atoms with van der Waals surface area (Å²) in [6, 6.07) is 0. The number of aldehydes is 1. The standard InChI is InChI=1S/C11H19NO/c1-4-5-6-7-8-9-11(2,10-13)12-3/h1,10,12H,5-9H2,2-3H3/t11-/m0/s1. The van der Waals surface area contributed by atoms with E-state index < -0.39 is 0 Å². The minimum atomic E-state index is -0.351. The Morgan fingerprint density at radius 2 is 2.15 bits per heavy atom. The number of hydrogen-bond acceptors (Lipinski definition) is 2. The molecule has 0 bridgehead atoms. The van der Waals surface area contributed by atoms with Crippen LogP contribution in [0, 0.1) is 12.3 Å². The fraction of sp³-hybridized carbons (Fsp3) is 0.727. The number of unbranched alkanes of at least 4 members (excludes halogenated alkanes) is 3. The highest BCUT2D eigenvalue weighted by molar-refractivity contribution is 5.63. The number of carbonyl (C=O) groups is 1. The number of carbonyl (C=O) groups excluding carboxylic acids is 1. The molecule has 0 unspecified atom stereocenters. The van der Waals surface area contributed by atoms with Crippen LogP contribution in [0.2, 0.25) is 0 Å². The molecule has 0 rings (SSSR count). The van der Waals surface area contributed by atoms with Gasteiger partial charge in [-0.25, -0.2) is 0 Å². The number of likely N-dealkylation sites (N-methyl/N-ethyl adjacent to an activating group) is 1. The second kappa shape index (κ2) is 6.68. The summed E-state index contributed by atoms with van der Waals surface area (Å²) in [6.45, 7) is 1.92. The SMILES string of the molecule is C#CCCCCC[C@@](C)(C=O)NC. The molecule has 0 aliphatic carbocycles. The van der Waals surface area contributed by atoms with Gasteiger partial charge in [0.2, 0.25) is 0 Å². The zero-order valence-electron chi connectivity index (χ0n) is 8.60. The molecular formula is C11H19NO. The molecule has 0 heterocycles. The lowest BCUT2D eigenvalue weighted by molar-refractivity contribution is -0.112. The molecule has 0 aromatic heterocycles. The van der Waals surface area contributed by atoms with Gasteiger partial charge >= 0.3 is 0 Å². The van der Waals surface area contributed by atoms with Crippen LogP contribution in [0.15, 0.2) is 0 Å². The Kier molecular flexibility index (Phi) is 6.26. The van der Waals surface area contributed by atoms with E-state index in [1.807, 2.05) is 14.0 Å². The molecule has 0 saturated heterocycles. The Labute approximate surface area is 81.1 Å². The molecule has 1 N–H and O–H groups in total. The van der Waals surface area contributed by atoms with Gasteiger partial charge in [0.15, 0.2) is 0 Å². The summed E-state index contributed by atoms with van der Waals surface area (Å²) < 4.78 is 0. The minimum absolute atomic E-state index is 0.351. The van der Waals surface area contributed by atoms with Crippen molar-refractivity contribution in [1.82, 2.24) is 5.32 Å². The van der Waals surface area contributed by atoms with Crippen molar-refractivity contribution in [1.29, 1.82) is 0 Å². The highest BCUT2D eigenvalue weighted by Crippen LogP contribution is 2.12. The van der Waals surface area contributed by atoms with E-state index in [2.05, 4.69) is 11.2 Å². The van der Waals surface area contributed by atoms with Crippen LogP contribution in [0.4, 0.5) is 0 Å². The summed E-state index contributed by atoms with van der Waals surface area (Å²) in [7, 11) is 1.82. The van der Waals surface area contributed by atoms with Crippen molar-refractivity contribution < 1.29 is 4.79 Å². The molecule has 0 saturated carbocycles. The van der Waals surface area contributed by atoms with E-state index in [4.69, 9.17) is 6.42 Å². The average molecular weight is 181 g/mol. The molecular weight excluding hydrogens is 162 g/mol. The lowest BCUT2D eigenvalue weighted by Gasteiger charge is -2.21. The second-order valence-corrected chi connectivity index (χ2v) is 3.55. The first-order valence-electron chi connectivity index (χ1n) is 4.77. The maximum Gasteiger partial charge on any atom is 0.139 e. The van der Waals surface area contributed by atoms with Gasteiger partial charge in [-0.3, -0.25) is 0 Å². The molecule has 0 aliphatic rings. The van der Waals surface area contributed by atoms with Crippen LogP contribution in [0.1, 0.15) is 39.0 Å². The summed E-state index contributed by atoms with van der Waals surface area (Å²) in [6.07, 6.45) is 11.1. The molecule has 0 fully saturated rings. The second-order valence-electron chi connectivity index (χ2n) is 3.55. The molecule has 2 nitrogen and oxygen atoms in total. The first-order valence-corrected chi connectivity index (χ1v) is 4.77. The smallest absolute Gasteiger partial charge is 0.139 e. The monoisotopic (exact) mass is 181 g/mol. The van der Waals surface area contributed by atoms with Gasteiger partial charge < -0.3 is 10.1 Å². The Bertz CT molecular complexity index is 183. The molecule has 74 valence electrons. The summed E-state index contributed by atoms with van der Waals surface area (Å²) in [4.78, 5) is 10.7. The van der Waals surface area contributed by atoms with Crippen molar-refractivity contribution in [3.8, 4) is 12.3 Å². The molecule has 0 amide bonds. The minimum Gasteiger partial charge on any atom is -0.308 e. The summed E-state index contributed by atoms with van der Waals surface area (Å²) in [5, 5.41) is 3.01. The normalized spacial score (nSPS) is 14.5. The Balaban J connectivity index is 3.51. The van der Waals surface area contributed by atoms with Crippen molar-refractivity contribution in [3.05, 3.63) is 0 Å². The van der Waals surface area contributed by atoms with Crippen molar-refractivity contribution in [2.75, 3.05) is 7.05 Å². The largest absolute Gasteiger partial charge is 0.308 e. The maximum absolute atomic E-state index is 10.7. The van der Waals surface area contributed by atoms with E-state index >= 15 is 0 Å². The van der Waals surface area contributed by atoms with Gasteiger partial charge in [-0.2, -0.15) is 0 Å². The zero-order chi connectivity index (χ0) is 10.2. The van der Waals surface area contributed by atoms with E-state index in [0.29, 0.717) is 0 Å². The van der Waals surface area contributed by atoms with Gasteiger partial charge in [-0.15, -0.1) is 12.3 Å². The van der Waals surface area contributed by atoms with E-state index in [1.54, 1.807) is 0 Å². The van der Waals surface area contributed by atoms with Gasteiger partial charge in [0.25, 0.3) is 0 Å². The van der Waals surface area contributed by atoms with Crippen LogP contribution in [0.3, 0.4) is 0 Å². The average Bonchev–Trinajstić information content (AvgIpc) is 2.17. The Morgan fingerprint density at radius 3 is 2.62 bits per heavy atom. The zero-order valence-corrected chi connectivity index (χ0v) is 8.60. The Morgan fingerprint density at radius 1 is 1.46 bits per heavy atom. The van der Waals surface area contributed by atoms with Crippen molar-refractivity contribution >= 4 is 6.29 Å². The number of rotatable bonds is 7. The predicted octanol–water partition coefficient (Wildman–Crippen LogP) is 1.75. The molecule has 0 spiro atoms. The topological polar surface area (TPSA) is 29.1 Å². The number of hydrogen-bond donors (Lipinski definition) is 1. The molecule has 0 aliphatic heterocycles. The lowest BCUT2D eigenvalue weighted by atomic mass is 9.96. The van der Waals surface area contributed by atoms with Crippen LogP contribution in [0.5, 0.6) is 0 Å². The van der Waals surface area contributed by atoms with E-state index in [9.17, 15) is 4.79 Å². The number of terminal acetylenes is 1. The summed E-state index contributed by atoms with van der Waals surface area (Å²) >= 11 is 0. The van der Waals surface area contributed by atoms with Crippen LogP contribution < -0.4 is 5.32 Å². The lowest BCUT2D eigenvalue weighted by Crippen LogP contribution is -2.41. The van der Waals surface area contributed by atoms with Crippen molar-refractivity contribution in [2.45, 2.75) is 44.6 Å². The van der Waals surface area contributed by atoms with Crippen LogP contribution in [-0.2, 0) is 4.79 Å². The fourth-order valence-electron chi connectivity index (χ4n) is 1.14. The van der Waals surface area contributed by atoms with Crippen LogP contribution in [0.25, 0.3) is 0 Å². The third kappa shape index (κ3) is 5.43. The summed E-state index contributed by atoms with van der Waals surface area (Å²) in [5.41, 5.74) is -0.351. The fourth-order valence-corrected chi connectivity index (χ4v) is 1.14. The summed E-state index contributed by atoms with van der Waals surface area (Å²) in [5.74, 6) is 2.61. The van der Waals surface area contributed by atoms with Gasteiger partial charge in [0, 0.05) is 6.42 Å². The van der Waals surface area contributed by atoms with E-state index in [1.165, 1.54) is 0 Å². The first-order chi connectivity index (χ1) is 6.18. The van der Waals surface area contributed by atoms with Gasteiger partial charge in [-0.1, -0.05) is 12.8 Å². The first kappa shape index (κ1) is 12.2. The Hall–Kier alpha value is -0.810. The van der Waals surface area contributed by atoms with Gasteiger partial charge in [0.05, 0.1) is 5.54 Å². The van der Waals surface area contributed by atoms with Crippen molar-refractivity contribution in [3.63, 3.8) is 0 Å². The quantitative estimate of drug-likeness (QED) is 0.368. The third-order valence-electron chi connectivity index (χ3n) is 2.35. The highest BCUT2D eigenvalue weighted by atomic mass is 16.1. The predicted molar refractivity (Wildman–Crippen MR) is 55.4 cm³/mol. The number of nitrogens with one attached hydrogen (secondary N) is 1. The van der Waals surface area contributed by atoms with Gasteiger partial charge in [-0.05, 0) is 26.8 Å². The van der Waals surface area contributed by atoms with Crippen molar-refractivity contribution in [2.24, 2.45) is 0 Å². The molecule has 13 heavy (non-hydrogen) atoms. The van der Waals surface area contributed by atoms with Gasteiger partial charge in [0.1, 0.15) is 6.29 Å². The van der Waals surface area contributed by atoms with E-state index in [0.717, 1.165) is 38.4 Å². The third-order valence-corrected chi connectivity index (χ3v) is 2.35. The van der Waals surface area contributed by atoms with Crippen LogP contribution in [-0.4, -0.2) is 18.9 Å². The molecule has 1 atom stereocenters. The molecule has 0 aromatic carbocycles. The molecule has 2 heteroatoms. The highest BCUT2D eigenvalue weighted by Gasteiger charge is 2.19. The molecule has 0 aromatic rings. The molecule has 0 radical (unpaired) electrons. The maximum atomic E-state index is 10.7.